The zero-order valence-corrected chi connectivity index (χ0v) is 19.2. The number of carbonyl (C=O) groups excluding carboxylic acids is 2. The van der Waals surface area contributed by atoms with Gasteiger partial charge in [-0.1, -0.05) is 23.7 Å². The fourth-order valence-corrected chi connectivity index (χ4v) is 4.58. The van der Waals surface area contributed by atoms with Crippen LogP contribution in [-0.4, -0.2) is 39.4 Å². The van der Waals surface area contributed by atoms with Crippen molar-refractivity contribution >= 4 is 29.1 Å². The van der Waals surface area contributed by atoms with E-state index in [2.05, 4.69) is 10.3 Å². The Labute approximate surface area is 201 Å². The van der Waals surface area contributed by atoms with Gasteiger partial charge in [0.1, 0.15) is 11.9 Å². The van der Waals surface area contributed by atoms with E-state index in [1.54, 1.807) is 47.6 Å². The van der Waals surface area contributed by atoms with Crippen molar-refractivity contribution in [2.75, 3.05) is 18.4 Å². The van der Waals surface area contributed by atoms with Crippen molar-refractivity contribution in [1.82, 2.24) is 14.5 Å². The number of imidazole rings is 1. The Hall–Kier alpha value is -3.23. The Morgan fingerprint density at radius 2 is 1.76 bits per heavy atom. The maximum Gasteiger partial charge on any atom is 0.274 e. The fraction of sp³-hybridized carbons (Fsp3) is 0.320. The van der Waals surface area contributed by atoms with Crippen LogP contribution in [0.25, 0.3) is 0 Å². The number of rotatable bonds is 4. The maximum absolute atomic E-state index is 13.2. The number of aromatic nitrogens is 2. The van der Waals surface area contributed by atoms with E-state index >= 15 is 0 Å². The summed E-state index contributed by atoms with van der Waals surface area (Å²) in [6.07, 6.45) is 2.61. The molecule has 0 unspecified atom stereocenters. The van der Waals surface area contributed by atoms with Crippen molar-refractivity contribution in [3.8, 4) is 0 Å². The average molecular weight is 483 g/mol. The van der Waals surface area contributed by atoms with Crippen LogP contribution < -0.4 is 5.32 Å². The minimum atomic E-state index is -0.290. The van der Waals surface area contributed by atoms with Crippen molar-refractivity contribution in [2.45, 2.75) is 32.1 Å². The monoisotopic (exact) mass is 482 g/mol. The lowest BCUT2D eigenvalue weighted by molar-refractivity contribution is -0.121. The van der Waals surface area contributed by atoms with E-state index in [-0.39, 0.29) is 36.3 Å². The summed E-state index contributed by atoms with van der Waals surface area (Å²) in [6.45, 7) is 1.74. The number of piperidine rings is 1. The fourth-order valence-electron chi connectivity index (χ4n) is 4.46. The molecule has 3 heterocycles. The molecule has 176 valence electrons. The summed E-state index contributed by atoms with van der Waals surface area (Å²) in [6, 6.07) is 13.2. The summed E-state index contributed by atoms with van der Waals surface area (Å²) >= 11 is 5.89. The SMILES string of the molecule is O=C(Nc1ccc(Cl)cc1)C1CCN(C(=O)c2ncn3c2CO[C@@H](c2ccc(F)cc2)C3)CC1. The third kappa shape index (κ3) is 4.69. The zero-order valence-electron chi connectivity index (χ0n) is 18.4. The first kappa shape index (κ1) is 22.6. The van der Waals surface area contributed by atoms with E-state index in [4.69, 9.17) is 16.3 Å². The minimum Gasteiger partial charge on any atom is -0.365 e. The number of nitrogens with one attached hydrogen (secondary N) is 1. The van der Waals surface area contributed by atoms with Crippen LogP contribution >= 0.6 is 11.6 Å². The van der Waals surface area contributed by atoms with Gasteiger partial charge in [-0.15, -0.1) is 0 Å². The van der Waals surface area contributed by atoms with Crippen LogP contribution in [0.1, 0.15) is 40.7 Å². The molecule has 2 aliphatic heterocycles. The first-order valence-electron chi connectivity index (χ1n) is 11.2. The summed E-state index contributed by atoms with van der Waals surface area (Å²) in [5.74, 6) is -0.638. The van der Waals surface area contributed by atoms with E-state index in [0.717, 1.165) is 11.3 Å². The summed E-state index contributed by atoms with van der Waals surface area (Å²) in [7, 11) is 0. The quantitative estimate of drug-likeness (QED) is 0.596. The number of carbonyl (C=O) groups is 2. The van der Waals surface area contributed by atoms with Gasteiger partial charge >= 0.3 is 0 Å². The standard InChI is InChI=1S/C25H24ClFN4O3/c26-18-3-7-20(8-4-18)29-24(32)17-9-11-30(12-10-17)25(33)23-21-14-34-22(13-31(21)15-28-23)16-1-5-19(27)6-2-16/h1-8,15,17,22H,9-14H2,(H,29,32)/t22-/m1/s1. The first-order valence-corrected chi connectivity index (χ1v) is 11.6. The van der Waals surface area contributed by atoms with Gasteiger partial charge in [0.25, 0.3) is 5.91 Å². The Balaban J connectivity index is 1.18. The summed E-state index contributed by atoms with van der Waals surface area (Å²) < 4.78 is 21.1. The van der Waals surface area contributed by atoms with Gasteiger partial charge in [-0.3, -0.25) is 9.59 Å². The van der Waals surface area contributed by atoms with Crippen molar-refractivity contribution in [1.29, 1.82) is 0 Å². The number of nitrogens with zero attached hydrogens (tertiary/aromatic N) is 3. The molecule has 0 aliphatic carbocycles. The van der Waals surface area contributed by atoms with E-state index in [0.29, 0.717) is 48.9 Å². The first-order chi connectivity index (χ1) is 16.5. The topological polar surface area (TPSA) is 76.5 Å². The lowest BCUT2D eigenvalue weighted by Crippen LogP contribution is -2.42. The van der Waals surface area contributed by atoms with Gasteiger partial charge in [-0.05, 0) is 54.8 Å². The number of anilines is 1. The number of amides is 2. The largest absolute Gasteiger partial charge is 0.365 e. The molecule has 1 aromatic heterocycles. The highest BCUT2D eigenvalue weighted by Crippen LogP contribution is 2.29. The van der Waals surface area contributed by atoms with Crippen LogP contribution in [-0.2, 0) is 22.7 Å². The molecule has 0 saturated carbocycles. The van der Waals surface area contributed by atoms with Gasteiger partial charge in [0.2, 0.25) is 5.91 Å². The predicted octanol–water partition coefficient (Wildman–Crippen LogP) is 4.44. The highest BCUT2D eigenvalue weighted by molar-refractivity contribution is 6.30. The second-order valence-electron chi connectivity index (χ2n) is 8.61. The molecule has 1 atom stereocenters. The van der Waals surface area contributed by atoms with Gasteiger partial charge in [-0.2, -0.15) is 0 Å². The smallest absolute Gasteiger partial charge is 0.274 e. The lowest BCUT2D eigenvalue weighted by Gasteiger charge is -2.31. The molecule has 1 saturated heterocycles. The van der Waals surface area contributed by atoms with Gasteiger partial charge in [0, 0.05) is 29.7 Å². The molecule has 0 bridgehead atoms. The lowest BCUT2D eigenvalue weighted by atomic mass is 9.95. The molecule has 2 aromatic carbocycles. The van der Waals surface area contributed by atoms with Crippen LogP contribution in [0.5, 0.6) is 0 Å². The third-order valence-electron chi connectivity index (χ3n) is 6.44. The molecular formula is C25H24ClFN4O3. The van der Waals surface area contributed by atoms with Gasteiger partial charge in [0.15, 0.2) is 5.69 Å². The number of benzene rings is 2. The summed E-state index contributed by atoms with van der Waals surface area (Å²) in [5.41, 5.74) is 2.72. The number of likely N-dealkylation sites (tertiary alicyclic amines) is 1. The van der Waals surface area contributed by atoms with Gasteiger partial charge in [-0.25, -0.2) is 9.37 Å². The molecule has 1 N–H and O–H groups in total. The predicted molar refractivity (Wildman–Crippen MR) is 125 cm³/mol. The molecule has 3 aromatic rings. The van der Waals surface area contributed by atoms with E-state index in [1.165, 1.54) is 12.1 Å². The third-order valence-corrected chi connectivity index (χ3v) is 6.69. The molecule has 2 amide bonds. The molecular weight excluding hydrogens is 459 g/mol. The van der Waals surface area contributed by atoms with E-state index < -0.39 is 0 Å². The Morgan fingerprint density at radius 3 is 2.47 bits per heavy atom. The van der Waals surface area contributed by atoms with Crippen LogP contribution in [0, 0.1) is 11.7 Å². The summed E-state index contributed by atoms with van der Waals surface area (Å²) in [5, 5.41) is 3.53. The second kappa shape index (κ2) is 9.56. The second-order valence-corrected chi connectivity index (χ2v) is 9.04. The van der Waals surface area contributed by atoms with Gasteiger partial charge in [0.05, 0.1) is 25.2 Å². The van der Waals surface area contributed by atoms with Crippen molar-refractivity contribution in [3.63, 3.8) is 0 Å². The molecule has 0 radical (unpaired) electrons. The number of hydrogen-bond donors (Lipinski definition) is 1. The van der Waals surface area contributed by atoms with Crippen LogP contribution in [0.3, 0.4) is 0 Å². The van der Waals surface area contributed by atoms with Crippen LogP contribution in [0.15, 0.2) is 54.9 Å². The molecule has 34 heavy (non-hydrogen) atoms. The Bertz CT molecular complexity index is 1190. The zero-order chi connectivity index (χ0) is 23.7. The number of halogens is 2. The number of ether oxygens (including phenoxy) is 1. The van der Waals surface area contributed by atoms with E-state index in [9.17, 15) is 14.0 Å². The number of hydrogen-bond acceptors (Lipinski definition) is 4. The minimum absolute atomic E-state index is 0.0472. The Kier molecular flexibility index (Phi) is 6.34. The molecule has 7 nitrogen and oxygen atoms in total. The van der Waals surface area contributed by atoms with E-state index in [1.807, 2.05) is 4.57 Å². The maximum atomic E-state index is 13.2. The molecule has 5 rings (SSSR count). The highest BCUT2D eigenvalue weighted by atomic mass is 35.5. The molecule has 2 aliphatic rings. The number of fused-ring (bicyclic) bond motifs is 1. The normalized spacial score (nSPS) is 18.4. The van der Waals surface area contributed by atoms with Crippen molar-refractivity contribution < 1.29 is 18.7 Å². The Morgan fingerprint density at radius 1 is 1.06 bits per heavy atom. The van der Waals surface area contributed by atoms with Crippen molar-refractivity contribution in [3.05, 3.63) is 82.6 Å². The molecule has 1 fully saturated rings. The molecule has 9 heteroatoms. The summed E-state index contributed by atoms with van der Waals surface area (Å²) in [4.78, 5) is 31.9. The molecule has 0 spiro atoms. The highest BCUT2D eigenvalue weighted by Gasteiger charge is 2.32. The average Bonchev–Trinajstić information content (AvgIpc) is 3.29. The van der Waals surface area contributed by atoms with Crippen molar-refractivity contribution in [2.24, 2.45) is 5.92 Å². The van der Waals surface area contributed by atoms with Crippen LogP contribution in [0.4, 0.5) is 10.1 Å². The van der Waals surface area contributed by atoms with Crippen LogP contribution in [0.2, 0.25) is 5.02 Å². The van der Waals surface area contributed by atoms with Gasteiger partial charge < -0.3 is 19.5 Å².